The largest absolute Gasteiger partial charge is 0.493 e. The van der Waals surface area contributed by atoms with E-state index in [1.807, 2.05) is 0 Å². The third kappa shape index (κ3) is 3.57. The first kappa shape index (κ1) is 17.1. The number of ether oxygens (including phenoxy) is 3. The number of esters is 1. The zero-order valence-electron chi connectivity index (χ0n) is 12.6. The van der Waals surface area contributed by atoms with E-state index < -0.39 is 11.9 Å². The van der Waals surface area contributed by atoms with Gasteiger partial charge in [-0.05, 0) is 23.6 Å². The van der Waals surface area contributed by atoms with Crippen LogP contribution in [0.25, 0.3) is 0 Å². The number of nitrogens with one attached hydrogen (secondary N) is 1. The molecule has 0 unspecified atom stereocenters. The lowest BCUT2D eigenvalue weighted by atomic mass is 10.2. The molecule has 1 heterocycles. The zero-order valence-corrected chi connectivity index (χ0v) is 14.2. The van der Waals surface area contributed by atoms with Crippen molar-refractivity contribution >= 4 is 40.5 Å². The fourth-order valence-electron chi connectivity index (χ4n) is 1.90. The summed E-state index contributed by atoms with van der Waals surface area (Å²) in [5.41, 5.74) is 0.646. The highest BCUT2D eigenvalue weighted by atomic mass is 35.5. The molecule has 0 spiro atoms. The van der Waals surface area contributed by atoms with Crippen LogP contribution >= 0.6 is 22.9 Å². The molecular formula is C15H14ClNO5S. The van der Waals surface area contributed by atoms with Gasteiger partial charge in [0.05, 0.1) is 32.0 Å². The van der Waals surface area contributed by atoms with Crippen LogP contribution in [-0.2, 0) is 4.74 Å². The highest BCUT2D eigenvalue weighted by Crippen LogP contribution is 2.36. The van der Waals surface area contributed by atoms with E-state index in [1.165, 1.54) is 44.8 Å². The highest BCUT2D eigenvalue weighted by molar-refractivity contribution is 7.12. The summed E-state index contributed by atoms with van der Waals surface area (Å²) in [6.07, 6.45) is 0. The van der Waals surface area contributed by atoms with Gasteiger partial charge in [0.25, 0.3) is 5.91 Å². The Balaban J connectivity index is 2.30. The summed E-state index contributed by atoms with van der Waals surface area (Å²) in [7, 11) is 4.18. The molecule has 2 rings (SSSR count). The van der Waals surface area contributed by atoms with E-state index in [0.717, 1.165) is 0 Å². The molecule has 122 valence electrons. The van der Waals surface area contributed by atoms with E-state index in [-0.39, 0.29) is 10.6 Å². The van der Waals surface area contributed by atoms with E-state index in [1.54, 1.807) is 11.4 Å². The van der Waals surface area contributed by atoms with Gasteiger partial charge in [0.2, 0.25) is 0 Å². The lowest BCUT2D eigenvalue weighted by Gasteiger charge is -2.12. The van der Waals surface area contributed by atoms with Gasteiger partial charge in [-0.1, -0.05) is 11.6 Å². The van der Waals surface area contributed by atoms with Gasteiger partial charge in [-0.25, -0.2) is 4.79 Å². The molecule has 1 aromatic heterocycles. The number of amides is 1. The molecule has 0 aliphatic rings. The predicted octanol–water partition coefficient (Wildman–Crippen LogP) is 3.46. The third-order valence-corrected chi connectivity index (χ3v) is 4.16. The van der Waals surface area contributed by atoms with E-state index in [2.05, 4.69) is 10.1 Å². The highest BCUT2D eigenvalue weighted by Gasteiger charge is 2.19. The second-order valence-electron chi connectivity index (χ2n) is 4.30. The monoisotopic (exact) mass is 355 g/mol. The Labute approximate surface area is 141 Å². The molecule has 0 bridgehead atoms. The Morgan fingerprint density at radius 3 is 2.52 bits per heavy atom. The molecule has 1 amide bonds. The number of carbonyl (C=O) groups is 2. The van der Waals surface area contributed by atoms with Crippen molar-refractivity contribution in [1.29, 1.82) is 0 Å². The fraction of sp³-hybridized carbons (Fsp3) is 0.200. The first-order chi connectivity index (χ1) is 11.0. The second-order valence-corrected chi connectivity index (χ2v) is 5.63. The summed E-state index contributed by atoms with van der Waals surface area (Å²) in [4.78, 5) is 24.3. The normalized spacial score (nSPS) is 10.1. The fourth-order valence-corrected chi connectivity index (χ4v) is 2.96. The van der Waals surface area contributed by atoms with Gasteiger partial charge in [-0.2, -0.15) is 0 Å². The summed E-state index contributed by atoms with van der Waals surface area (Å²) in [5, 5.41) is 4.58. The van der Waals surface area contributed by atoms with Gasteiger partial charge < -0.3 is 19.5 Å². The molecule has 1 aromatic carbocycles. The van der Waals surface area contributed by atoms with Gasteiger partial charge in [0.1, 0.15) is 4.88 Å². The molecular weight excluding hydrogens is 342 g/mol. The number of methoxy groups -OCH3 is 3. The topological polar surface area (TPSA) is 73.9 Å². The maximum Gasteiger partial charge on any atom is 0.350 e. The van der Waals surface area contributed by atoms with Crippen molar-refractivity contribution in [3.8, 4) is 11.5 Å². The van der Waals surface area contributed by atoms with Crippen molar-refractivity contribution in [3.63, 3.8) is 0 Å². The van der Waals surface area contributed by atoms with Crippen LogP contribution in [-0.4, -0.2) is 33.2 Å². The summed E-state index contributed by atoms with van der Waals surface area (Å²) >= 11 is 7.26. The van der Waals surface area contributed by atoms with Crippen LogP contribution in [0.15, 0.2) is 23.6 Å². The number of hydrogen-bond acceptors (Lipinski definition) is 6. The Morgan fingerprint density at radius 1 is 1.17 bits per heavy atom. The molecule has 8 heteroatoms. The third-order valence-electron chi connectivity index (χ3n) is 2.98. The molecule has 0 aliphatic heterocycles. The van der Waals surface area contributed by atoms with Gasteiger partial charge >= 0.3 is 5.97 Å². The molecule has 0 fully saturated rings. The van der Waals surface area contributed by atoms with E-state index >= 15 is 0 Å². The molecule has 2 aromatic rings. The molecule has 0 saturated heterocycles. The minimum atomic E-state index is -0.513. The first-order valence-electron chi connectivity index (χ1n) is 6.40. The minimum absolute atomic E-state index is 0.246. The Kier molecular flexibility index (Phi) is 5.46. The number of thiophene rings is 1. The van der Waals surface area contributed by atoms with Gasteiger partial charge in [-0.3, -0.25) is 4.79 Å². The van der Waals surface area contributed by atoms with Crippen molar-refractivity contribution in [1.82, 2.24) is 0 Å². The van der Waals surface area contributed by atoms with Crippen LogP contribution < -0.4 is 14.8 Å². The molecule has 1 N–H and O–H groups in total. The van der Waals surface area contributed by atoms with Crippen LogP contribution in [0.4, 0.5) is 5.69 Å². The number of halogens is 1. The number of carbonyl (C=O) groups excluding carboxylic acids is 2. The molecule has 23 heavy (non-hydrogen) atoms. The van der Waals surface area contributed by atoms with Crippen molar-refractivity contribution in [3.05, 3.63) is 39.0 Å². The number of hydrogen-bond donors (Lipinski definition) is 1. The van der Waals surface area contributed by atoms with Crippen LogP contribution in [0.2, 0.25) is 5.02 Å². The van der Waals surface area contributed by atoms with Crippen molar-refractivity contribution in [2.45, 2.75) is 0 Å². The number of benzene rings is 1. The van der Waals surface area contributed by atoms with Crippen LogP contribution in [0, 0.1) is 0 Å². The van der Waals surface area contributed by atoms with Gasteiger partial charge in [-0.15, -0.1) is 11.3 Å². The van der Waals surface area contributed by atoms with Crippen LogP contribution in [0.1, 0.15) is 20.0 Å². The maximum atomic E-state index is 12.4. The average Bonchev–Trinajstić information content (AvgIpc) is 3.01. The molecule has 0 aliphatic carbocycles. The van der Waals surface area contributed by atoms with E-state index in [4.69, 9.17) is 21.1 Å². The smallest absolute Gasteiger partial charge is 0.350 e. The average molecular weight is 356 g/mol. The lowest BCUT2D eigenvalue weighted by Crippen LogP contribution is -2.14. The first-order valence-corrected chi connectivity index (χ1v) is 7.66. The molecule has 0 radical (unpaired) electrons. The Morgan fingerprint density at radius 2 is 1.91 bits per heavy atom. The Hall–Kier alpha value is -2.25. The molecule has 6 nitrogen and oxygen atoms in total. The zero-order chi connectivity index (χ0) is 17.0. The van der Waals surface area contributed by atoms with Crippen LogP contribution in [0.5, 0.6) is 11.5 Å². The number of anilines is 1. The maximum absolute atomic E-state index is 12.4. The predicted molar refractivity (Wildman–Crippen MR) is 88.2 cm³/mol. The Bertz CT molecular complexity index is 743. The standard InChI is InChI=1S/C15H14ClNO5S/c1-20-11-7-8(6-9(16)12(11)21-2)14(18)17-10-4-5-23-13(10)15(19)22-3/h4-7H,1-3H3,(H,17,18). The van der Waals surface area contributed by atoms with Crippen molar-refractivity contribution in [2.75, 3.05) is 26.6 Å². The van der Waals surface area contributed by atoms with Crippen molar-refractivity contribution in [2.24, 2.45) is 0 Å². The van der Waals surface area contributed by atoms with Gasteiger partial charge in [0.15, 0.2) is 11.5 Å². The number of rotatable bonds is 5. The van der Waals surface area contributed by atoms with E-state index in [0.29, 0.717) is 22.1 Å². The second kappa shape index (κ2) is 7.34. The molecule has 0 atom stereocenters. The lowest BCUT2D eigenvalue weighted by molar-refractivity contribution is 0.0607. The van der Waals surface area contributed by atoms with E-state index in [9.17, 15) is 9.59 Å². The minimum Gasteiger partial charge on any atom is -0.493 e. The summed E-state index contributed by atoms with van der Waals surface area (Å²) in [5.74, 6) is -0.266. The summed E-state index contributed by atoms with van der Waals surface area (Å²) < 4.78 is 15.0. The molecule has 0 saturated carbocycles. The van der Waals surface area contributed by atoms with Crippen molar-refractivity contribution < 1.29 is 23.8 Å². The quantitative estimate of drug-likeness (QED) is 0.831. The SMILES string of the molecule is COC(=O)c1sccc1NC(=O)c1cc(Cl)c(OC)c(OC)c1. The summed E-state index contributed by atoms with van der Waals surface area (Å²) in [6, 6.07) is 4.59. The van der Waals surface area contributed by atoms with Gasteiger partial charge in [0, 0.05) is 5.56 Å². The van der Waals surface area contributed by atoms with Crippen LogP contribution in [0.3, 0.4) is 0 Å². The summed E-state index contributed by atoms with van der Waals surface area (Å²) in [6.45, 7) is 0.